The highest BCUT2D eigenvalue weighted by atomic mass is 32.2. The van der Waals surface area contributed by atoms with E-state index in [0.717, 1.165) is 4.90 Å². The first-order valence-electron chi connectivity index (χ1n) is 9.83. The van der Waals surface area contributed by atoms with E-state index in [2.05, 4.69) is 10.6 Å². The van der Waals surface area contributed by atoms with Crippen LogP contribution in [0.1, 0.15) is 32.1 Å². The molecule has 0 aromatic carbocycles. The van der Waals surface area contributed by atoms with E-state index >= 15 is 0 Å². The number of carbonyl (C=O) groups is 5. The molecule has 31 heavy (non-hydrogen) atoms. The fourth-order valence-electron chi connectivity index (χ4n) is 3.14. The van der Waals surface area contributed by atoms with Gasteiger partial charge in [-0.25, -0.2) is 4.79 Å². The van der Waals surface area contributed by atoms with Crippen LogP contribution in [0.3, 0.4) is 0 Å². The topological polar surface area (TPSA) is 199 Å². The van der Waals surface area contributed by atoms with Crippen LogP contribution >= 0.6 is 11.8 Å². The Kier molecular flexibility index (Phi) is 11.3. The number of nitrogens with zero attached hydrogens (tertiary/aromatic N) is 1. The van der Waals surface area contributed by atoms with Gasteiger partial charge < -0.3 is 36.6 Å². The van der Waals surface area contributed by atoms with E-state index in [9.17, 15) is 34.2 Å². The third kappa shape index (κ3) is 8.34. The molecule has 0 saturated carbocycles. The van der Waals surface area contributed by atoms with Gasteiger partial charge in [-0.05, 0) is 37.7 Å². The minimum Gasteiger partial charge on any atom is -0.481 e. The molecule has 1 heterocycles. The summed E-state index contributed by atoms with van der Waals surface area (Å²) in [5.74, 6) is -3.92. The fourth-order valence-corrected chi connectivity index (χ4v) is 3.61. The smallest absolute Gasteiger partial charge is 0.326 e. The number of carboxylic acid groups (broad SMARTS) is 2. The maximum Gasteiger partial charge on any atom is 0.326 e. The number of aliphatic hydroxyl groups excluding tert-OH is 1. The number of aliphatic hydroxyl groups is 1. The Morgan fingerprint density at radius 2 is 1.74 bits per heavy atom. The number of likely N-dealkylation sites (tertiary alicyclic amines) is 1. The third-order valence-corrected chi connectivity index (χ3v) is 5.51. The van der Waals surface area contributed by atoms with Crippen molar-refractivity contribution in [2.45, 2.75) is 56.3 Å². The van der Waals surface area contributed by atoms with Crippen LogP contribution in [0.15, 0.2) is 0 Å². The van der Waals surface area contributed by atoms with Crippen molar-refractivity contribution >= 4 is 41.4 Å². The highest BCUT2D eigenvalue weighted by Crippen LogP contribution is 2.18. The zero-order valence-electron chi connectivity index (χ0n) is 17.3. The number of carbonyl (C=O) groups excluding carboxylic acids is 3. The Morgan fingerprint density at radius 3 is 2.29 bits per heavy atom. The molecule has 0 aromatic heterocycles. The number of rotatable bonds is 13. The van der Waals surface area contributed by atoms with Gasteiger partial charge in [0, 0.05) is 13.0 Å². The molecule has 0 spiro atoms. The Bertz CT molecular complexity index is 677. The normalized spacial score (nSPS) is 18.7. The molecule has 4 atom stereocenters. The van der Waals surface area contributed by atoms with Crippen LogP contribution in [0.2, 0.25) is 0 Å². The number of nitrogens with two attached hydrogens (primary N) is 1. The van der Waals surface area contributed by atoms with Crippen LogP contribution < -0.4 is 16.4 Å². The molecule has 4 unspecified atom stereocenters. The standard InChI is InChI=1S/C18H30N4O8S/c1-31-8-6-11(20-15(26)10(19)4-5-14(24)25)16(27)21-12(9-23)17(28)22-7-2-3-13(22)18(29)30/h10-13,23H,2-9,19H2,1H3,(H,20,26)(H,21,27)(H,24,25)(H,29,30). The predicted molar refractivity (Wildman–Crippen MR) is 111 cm³/mol. The molecule has 1 aliphatic rings. The van der Waals surface area contributed by atoms with Gasteiger partial charge in [-0.1, -0.05) is 0 Å². The first-order chi connectivity index (χ1) is 14.6. The first-order valence-corrected chi connectivity index (χ1v) is 11.2. The molecule has 0 aliphatic carbocycles. The van der Waals surface area contributed by atoms with Crippen molar-refractivity contribution in [1.82, 2.24) is 15.5 Å². The van der Waals surface area contributed by atoms with Gasteiger partial charge in [-0.15, -0.1) is 0 Å². The van der Waals surface area contributed by atoms with Crippen molar-refractivity contribution in [1.29, 1.82) is 0 Å². The third-order valence-electron chi connectivity index (χ3n) is 4.87. The highest BCUT2D eigenvalue weighted by molar-refractivity contribution is 7.98. The van der Waals surface area contributed by atoms with E-state index in [4.69, 9.17) is 10.8 Å². The molecular weight excluding hydrogens is 432 g/mol. The number of carboxylic acids is 2. The number of thioether (sulfide) groups is 1. The van der Waals surface area contributed by atoms with Crippen LogP contribution in [0, 0.1) is 0 Å². The Morgan fingerprint density at radius 1 is 1.10 bits per heavy atom. The Balaban J connectivity index is 2.81. The molecule has 1 saturated heterocycles. The zero-order valence-corrected chi connectivity index (χ0v) is 18.1. The van der Waals surface area contributed by atoms with Crippen molar-refractivity contribution in [3.8, 4) is 0 Å². The molecule has 1 rings (SSSR count). The van der Waals surface area contributed by atoms with Crippen LogP contribution in [0.4, 0.5) is 0 Å². The minimum absolute atomic E-state index is 0.110. The molecule has 0 aromatic rings. The number of nitrogens with one attached hydrogen (secondary N) is 2. The summed E-state index contributed by atoms with van der Waals surface area (Å²) in [5.41, 5.74) is 5.68. The molecule has 7 N–H and O–H groups in total. The van der Waals surface area contributed by atoms with Crippen molar-refractivity contribution in [3.63, 3.8) is 0 Å². The van der Waals surface area contributed by atoms with E-state index in [-0.39, 0.29) is 32.2 Å². The van der Waals surface area contributed by atoms with Gasteiger partial charge in [0.2, 0.25) is 17.7 Å². The summed E-state index contributed by atoms with van der Waals surface area (Å²) in [5, 5.41) is 32.4. The molecule has 176 valence electrons. The molecule has 0 radical (unpaired) electrons. The quantitative estimate of drug-likeness (QED) is 0.177. The molecule has 12 nitrogen and oxygen atoms in total. The molecular formula is C18H30N4O8S. The van der Waals surface area contributed by atoms with Gasteiger partial charge in [-0.2, -0.15) is 11.8 Å². The van der Waals surface area contributed by atoms with E-state index in [1.807, 2.05) is 0 Å². The van der Waals surface area contributed by atoms with Crippen LogP contribution in [0.25, 0.3) is 0 Å². The lowest BCUT2D eigenvalue weighted by Gasteiger charge is -2.28. The fraction of sp³-hybridized carbons (Fsp3) is 0.722. The lowest BCUT2D eigenvalue weighted by Crippen LogP contribution is -2.58. The van der Waals surface area contributed by atoms with Crippen molar-refractivity contribution in [2.24, 2.45) is 5.73 Å². The van der Waals surface area contributed by atoms with E-state index in [1.54, 1.807) is 6.26 Å². The predicted octanol–water partition coefficient (Wildman–Crippen LogP) is -2.03. The summed E-state index contributed by atoms with van der Waals surface area (Å²) in [6, 6.07) is -4.57. The molecule has 1 aliphatic heterocycles. The summed E-state index contributed by atoms with van der Waals surface area (Å²) < 4.78 is 0. The lowest BCUT2D eigenvalue weighted by atomic mass is 10.1. The van der Waals surface area contributed by atoms with E-state index in [0.29, 0.717) is 12.2 Å². The summed E-state index contributed by atoms with van der Waals surface area (Å²) in [6.45, 7) is -0.540. The van der Waals surface area contributed by atoms with Gasteiger partial charge in [0.1, 0.15) is 18.1 Å². The number of aliphatic carboxylic acids is 2. The van der Waals surface area contributed by atoms with Crippen molar-refractivity contribution in [3.05, 3.63) is 0 Å². The van der Waals surface area contributed by atoms with Crippen LogP contribution in [-0.2, 0) is 24.0 Å². The lowest BCUT2D eigenvalue weighted by molar-refractivity contribution is -0.150. The molecule has 0 bridgehead atoms. The Hall–Kier alpha value is -2.38. The Labute approximate surface area is 183 Å². The molecule has 1 fully saturated rings. The largest absolute Gasteiger partial charge is 0.481 e. The van der Waals surface area contributed by atoms with Crippen molar-refractivity contribution in [2.75, 3.05) is 25.2 Å². The van der Waals surface area contributed by atoms with Gasteiger partial charge >= 0.3 is 11.9 Å². The number of hydrogen-bond donors (Lipinski definition) is 6. The minimum atomic E-state index is -1.36. The van der Waals surface area contributed by atoms with E-state index in [1.165, 1.54) is 11.8 Å². The highest BCUT2D eigenvalue weighted by Gasteiger charge is 2.38. The summed E-state index contributed by atoms with van der Waals surface area (Å²) in [6.07, 6.45) is 2.37. The summed E-state index contributed by atoms with van der Waals surface area (Å²) in [4.78, 5) is 60.7. The number of hydrogen-bond acceptors (Lipinski definition) is 8. The average Bonchev–Trinajstić information content (AvgIpc) is 3.22. The van der Waals surface area contributed by atoms with Gasteiger partial charge in [-0.3, -0.25) is 19.2 Å². The van der Waals surface area contributed by atoms with Gasteiger partial charge in [0.25, 0.3) is 0 Å². The maximum atomic E-state index is 12.7. The van der Waals surface area contributed by atoms with Gasteiger partial charge in [0.15, 0.2) is 0 Å². The monoisotopic (exact) mass is 462 g/mol. The summed E-state index contributed by atoms with van der Waals surface area (Å²) in [7, 11) is 0. The SMILES string of the molecule is CSCCC(NC(=O)C(N)CCC(=O)O)C(=O)NC(CO)C(=O)N1CCCC1C(=O)O. The molecule has 13 heteroatoms. The second-order valence-electron chi connectivity index (χ2n) is 7.15. The average molecular weight is 463 g/mol. The maximum absolute atomic E-state index is 12.7. The van der Waals surface area contributed by atoms with Crippen LogP contribution in [0.5, 0.6) is 0 Å². The van der Waals surface area contributed by atoms with Gasteiger partial charge in [0.05, 0.1) is 12.6 Å². The zero-order chi connectivity index (χ0) is 23.6. The van der Waals surface area contributed by atoms with E-state index < -0.39 is 60.4 Å². The second-order valence-corrected chi connectivity index (χ2v) is 8.14. The summed E-state index contributed by atoms with van der Waals surface area (Å²) >= 11 is 1.42. The van der Waals surface area contributed by atoms with Crippen molar-refractivity contribution < 1.29 is 39.3 Å². The first kappa shape index (κ1) is 26.7. The van der Waals surface area contributed by atoms with Crippen LogP contribution in [-0.4, -0.2) is 99.2 Å². The second kappa shape index (κ2) is 13.1. The molecule has 3 amide bonds. The number of amides is 3.